The molecule has 0 spiro atoms. The molecule has 3 aromatic rings. The van der Waals surface area contributed by atoms with Crippen molar-refractivity contribution in [3.8, 4) is 0 Å². The standard InChI is InChI=1S/C25H29BN3O5/c1-15(2)20(29-25(32)34-14-16-9-6-5-7-10-16)23(30)28-22(24(31)33-4)18-13-27-21-17(18)11-8-12-19(21)26-3/h5-13,15,20,22,27H,14H2,1-4H3,(H,28,30)(H,29,32)/t20-,22?/m0/s1. The van der Waals surface area contributed by atoms with Gasteiger partial charge in [0.05, 0.1) is 7.11 Å². The number of hydrogen-bond acceptors (Lipinski definition) is 5. The predicted molar refractivity (Wildman–Crippen MR) is 131 cm³/mol. The second-order valence-electron chi connectivity index (χ2n) is 8.20. The van der Waals surface area contributed by atoms with E-state index in [4.69, 9.17) is 9.47 Å². The van der Waals surface area contributed by atoms with Gasteiger partial charge in [-0.25, -0.2) is 9.59 Å². The number of para-hydroxylation sites is 1. The van der Waals surface area contributed by atoms with Gasteiger partial charge < -0.3 is 25.1 Å². The number of carbonyl (C=O) groups is 3. The average molecular weight is 462 g/mol. The van der Waals surface area contributed by atoms with Crippen molar-refractivity contribution in [3.63, 3.8) is 0 Å². The van der Waals surface area contributed by atoms with Gasteiger partial charge in [-0.05, 0) is 11.5 Å². The van der Waals surface area contributed by atoms with E-state index >= 15 is 0 Å². The Morgan fingerprint density at radius 2 is 1.76 bits per heavy atom. The number of aromatic nitrogens is 1. The van der Waals surface area contributed by atoms with E-state index in [1.54, 1.807) is 20.0 Å². The minimum atomic E-state index is -1.05. The van der Waals surface area contributed by atoms with Crippen LogP contribution in [-0.2, 0) is 25.7 Å². The number of rotatable bonds is 9. The Morgan fingerprint density at radius 1 is 1.03 bits per heavy atom. The van der Waals surface area contributed by atoms with Gasteiger partial charge in [0, 0.05) is 22.7 Å². The van der Waals surface area contributed by atoms with Crippen LogP contribution in [0.5, 0.6) is 0 Å². The van der Waals surface area contributed by atoms with Gasteiger partial charge in [0.25, 0.3) is 0 Å². The van der Waals surface area contributed by atoms with Gasteiger partial charge >= 0.3 is 12.1 Å². The van der Waals surface area contributed by atoms with E-state index in [1.165, 1.54) is 7.11 Å². The van der Waals surface area contributed by atoms with Crippen LogP contribution in [0.25, 0.3) is 10.9 Å². The van der Waals surface area contributed by atoms with Crippen LogP contribution < -0.4 is 16.1 Å². The molecule has 3 N–H and O–H groups in total. The van der Waals surface area contributed by atoms with Crippen molar-refractivity contribution < 1.29 is 23.9 Å². The van der Waals surface area contributed by atoms with Crippen molar-refractivity contribution in [1.29, 1.82) is 0 Å². The summed E-state index contributed by atoms with van der Waals surface area (Å²) < 4.78 is 10.2. The second-order valence-corrected chi connectivity index (χ2v) is 8.20. The first-order valence-electron chi connectivity index (χ1n) is 11.1. The number of esters is 1. The summed E-state index contributed by atoms with van der Waals surface area (Å²) in [5, 5.41) is 6.15. The molecule has 8 nitrogen and oxygen atoms in total. The fourth-order valence-electron chi connectivity index (χ4n) is 3.72. The Hall–Kier alpha value is -3.75. The molecule has 0 fully saturated rings. The van der Waals surface area contributed by atoms with Crippen molar-refractivity contribution in [3.05, 3.63) is 65.9 Å². The number of alkyl carbamates (subject to hydrolysis) is 1. The summed E-state index contributed by atoms with van der Waals surface area (Å²) in [4.78, 5) is 41.4. The summed E-state index contributed by atoms with van der Waals surface area (Å²) in [7, 11) is 3.22. The fourth-order valence-corrected chi connectivity index (χ4v) is 3.72. The van der Waals surface area contributed by atoms with E-state index in [0.717, 1.165) is 21.9 Å². The molecule has 0 aliphatic carbocycles. The lowest BCUT2D eigenvalue weighted by atomic mass is 9.72. The van der Waals surface area contributed by atoms with Gasteiger partial charge in [0.15, 0.2) is 13.3 Å². The molecule has 2 aromatic carbocycles. The maximum Gasteiger partial charge on any atom is 0.408 e. The van der Waals surface area contributed by atoms with E-state index in [2.05, 4.69) is 15.6 Å². The largest absolute Gasteiger partial charge is 0.467 e. The Bertz CT molecular complexity index is 1150. The number of fused-ring (bicyclic) bond motifs is 1. The summed E-state index contributed by atoms with van der Waals surface area (Å²) in [5.41, 5.74) is 3.23. The van der Waals surface area contributed by atoms with E-state index < -0.39 is 30.1 Å². The minimum Gasteiger partial charge on any atom is -0.467 e. The van der Waals surface area contributed by atoms with Crippen molar-refractivity contribution in [2.24, 2.45) is 5.92 Å². The van der Waals surface area contributed by atoms with Crippen LogP contribution in [0.3, 0.4) is 0 Å². The van der Waals surface area contributed by atoms with E-state index in [-0.39, 0.29) is 12.5 Å². The van der Waals surface area contributed by atoms with Gasteiger partial charge in [-0.15, -0.1) is 0 Å². The van der Waals surface area contributed by atoms with Crippen molar-refractivity contribution in [1.82, 2.24) is 15.6 Å². The first-order chi connectivity index (χ1) is 16.3. The van der Waals surface area contributed by atoms with Crippen molar-refractivity contribution in [2.75, 3.05) is 7.11 Å². The average Bonchev–Trinajstić information content (AvgIpc) is 3.28. The number of nitrogens with one attached hydrogen (secondary N) is 3. The summed E-state index contributed by atoms with van der Waals surface area (Å²) >= 11 is 0. The molecule has 0 saturated heterocycles. The third-order valence-corrected chi connectivity index (χ3v) is 5.56. The quantitative estimate of drug-likeness (QED) is 0.335. The Kier molecular flexibility index (Phi) is 8.35. The number of ether oxygens (including phenoxy) is 2. The van der Waals surface area contributed by atoms with E-state index in [9.17, 15) is 14.4 Å². The summed E-state index contributed by atoms with van der Waals surface area (Å²) in [5.74, 6) is -1.39. The number of methoxy groups -OCH3 is 1. The molecule has 0 aliphatic heterocycles. The molecule has 177 valence electrons. The van der Waals surface area contributed by atoms with Gasteiger partial charge in [0.1, 0.15) is 12.6 Å². The topological polar surface area (TPSA) is 110 Å². The first kappa shape index (κ1) is 24.9. The van der Waals surface area contributed by atoms with Crippen molar-refractivity contribution >= 4 is 41.6 Å². The van der Waals surface area contributed by atoms with Gasteiger partial charge in [0.2, 0.25) is 5.91 Å². The van der Waals surface area contributed by atoms with Gasteiger partial charge in [-0.3, -0.25) is 4.79 Å². The lowest BCUT2D eigenvalue weighted by Gasteiger charge is -2.24. The number of amides is 2. The maximum absolute atomic E-state index is 13.2. The molecule has 3 rings (SSSR count). The Morgan fingerprint density at radius 3 is 2.41 bits per heavy atom. The third-order valence-electron chi connectivity index (χ3n) is 5.56. The van der Waals surface area contributed by atoms with Gasteiger partial charge in [-0.1, -0.05) is 74.7 Å². The van der Waals surface area contributed by atoms with Crippen LogP contribution in [0.2, 0.25) is 6.82 Å². The number of H-pyrrole nitrogens is 1. The Balaban J connectivity index is 1.76. The number of hydrogen-bond donors (Lipinski definition) is 3. The Labute approximate surface area is 199 Å². The van der Waals surface area contributed by atoms with Crippen molar-refractivity contribution in [2.45, 2.75) is 39.4 Å². The third kappa shape index (κ3) is 5.78. The monoisotopic (exact) mass is 462 g/mol. The van der Waals surface area contributed by atoms with Crippen LogP contribution in [0.15, 0.2) is 54.7 Å². The zero-order valence-electron chi connectivity index (χ0n) is 19.8. The van der Waals surface area contributed by atoms with Gasteiger partial charge in [-0.2, -0.15) is 0 Å². The SMILES string of the molecule is C[B]c1cccc2c(C(NC(=O)[C@@H](NC(=O)OCc3ccccc3)C(C)C)C(=O)OC)c[nH]c12. The zero-order chi connectivity index (χ0) is 24.7. The van der Waals surface area contributed by atoms with Crippen LogP contribution in [0, 0.1) is 5.92 Å². The molecule has 1 radical (unpaired) electrons. The van der Waals surface area contributed by atoms with E-state index in [0.29, 0.717) is 5.56 Å². The highest BCUT2D eigenvalue weighted by atomic mass is 16.5. The molecule has 0 aliphatic rings. The van der Waals surface area contributed by atoms with Crippen LogP contribution in [0.1, 0.15) is 31.0 Å². The summed E-state index contributed by atoms with van der Waals surface area (Å²) in [6.45, 7) is 5.59. The lowest BCUT2D eigenvalue weighted by molar-refractivity contribution is -0.145. The molecule has 1 aromatic heterocycles. The highest BCUT2D eigenvalue weighted by Gasteiger charge is 2.32. The van der Waals surface area contributed by atoms with Crippen LogP contribution in [0.4, 0.5) is 4.79 Å². The first-order valence-corrected chi connectivity index (χ1v) is 11.1. The molecule has 9 heteroatoms. The number of carbonyl (C=O) groups excluding carboxylic acids is 3. The molecule has 1 unspecified atom stereocenters. The highest BCUT2D eigenvalue weighted by molar-refractivity contribution is 6.55. The molecule has 2 atom stereocenters. The molecule has 0 bridgehead atoms. The number of aromatic amines is 1. The molecule has 2 amide bonds. The zero-order valence-corrected chi connectivity index (χ0v) is 19.8. The highest BCUT2D eigenvalue weighted by Crippen LogP contribution is 2.24. The molecule has 34 heavy (non-hydrogen) atoms. The maximum atomic E-state index is 13.2. The lowest BCUT2D eigenvalue weighted by Crippen LogP contribution is -2.51. The minimum absolute atomic E-state index is 0.0794. The van der Waals surface area contributed by atoms with Crippen LogP contribution in [-0.4, -0.2) is 43.4 Å². The number of benzene rings is 2. The molecular formula is C25H29BN3O5. The molecule has 1 heterocycles. The molecule has 0 saturated carbocycles. The van der Waals surface area contributed by atoms with E-state index in [1.807, 2.05) is 62.6 Å². The molecular weight excluding hydrogens is 433 g/mol. The second kappa shape index (κ2) is 11.4. The summed E-state index contributed by atoms with van der Waals surface area (Å²) in [6.07, 6.45) is 0.966. The van der Waals surface area contributed by atoms with Crippen LogP contribution >= 0.6 is 0 Å². The smallest absolute Gasteiger partial charge is 0.408 e. The predicted octanol–water partition coefficient (Wildman–Crippen LogP) is 2.83. The summed E-state index contributed by atoms with van der Waals surface area (Å²) in [6, 6.07) is 13.0. The normalized spacial score (nSPS) is 12.6. The fraction of sp³-hybridized carbons (Fsp3) is 0.320.